The van der Waals surface area contributed by atoms with E-state index in [1.165, 1.54) is 38.8 Å². The number of amides is 2. The van der Waals surface area contributed by atoms with Crippen LogP contribution in [0.2, 0.25) is 0 Å². The number of nitrogens with one attached hydrogen (secondary N) is 1. The summed E-state index contributed by atoms with van der Waals surface area (Å²) in [6, 6.07) is 3.66. The van der Waals surface area contributed by atoms with E-state index in [2.05, 4.69) is 10.2 Å². The standard InChI is InChI=1S/C19H29N3O3/c23-18-13-16(14-22(18)15-17-7-5-12-25-17)19(24)20-8-6-11-21-9-3-1-2-4-10-21/h5,7,12,16H,1-4,6,8-11,13-15H2,(H,20,24). The average Bonchev–Trinajstić information content (AvgIpc) is 3.16. The van der Waals surface area contributed by atoms with Crippen LogP contribution < -0.4 is 5.32 Å². The normalized spacial score (nSPS) is 22.2. The van der Waals surface area contributed by atoms with Crippen molar-refractivity contribution in [1.82, 2.24) is 15.1 Å². The number of likely N-dealkylation sites (tertiary alicyclic amines) is 2. The highest BCUT2D eigenvalue weighted by molar-refractivity contribution is 5.89. The molecule has 1 N–H and O–H groups in total. The number of hydrogen-bond donors (Lipinski definition) is 1. The summed E-state index contributed by atoms with van der Waals surface area (Å²) >= 11 is 0. The van der Waals surface area contributed by atoms with E-state index in [-0.39, 0.29) is 17.7 Å². The van der Waals surface area contributed by atoms with Crippen LogP contribution in [0.25, 0.3) is 0 Å². The first-order valence-electron chi connectivity index (χ1n) is 9.52. The molecule has 6 heteroatoms. The number of carbonyl (C=O) groups excluding carboxylic acids is 2. The second kappa shape index (κ2) is 9.04. The van der Waals surface area contributed by atoms with Crippen molar-refractivity contribution in [3.63, 3.8) is 0 Å². The number of rotatable bonds is 7. The highest BCUT2D eigenvalue weighted by Crippen LogP contribution is 2.20. The Hall–Kier alpha value is -1.82. The second-order valence-electron chi connectivity index (χ2n) is 7.16. The minimum Gasteiger partial charge on any atom is -0.467 e. The van der Waals surface area contributed by atoms with Gasteiger partial charge in [-0.2, -0.15) is 0 Å². The van der Waals surface area contributed by atoms with Crippen molar-refractivity contribution in [2.24, 2.45) is 5.92 Å². The lowest BCUT2D eigenvalue weighted by Gasteiger charge is -2.20. The molecule has 6 nitrogen and oxygen atoms in total. The van der Waals surface area contributed by atoms with Crippen LogP contribution in [0.15, 0.2) is 22.8 Å². The number of furan rings is 1. The summed E-state index contributed by atoms with van der Waals surface area (Å²) in [6.45, 7) is 5.05. The maximum Gasteiger partial charge on any atom is 0.225 e. The topological polar surface area (TPSA) is 65.8 Å². The van der Waals surface area contributed by atoms with Gasteiger partial charge in [-0.1, -0.05) is 12.8 Å². The molecule has 3 heterocycles. The second-order valence-corrected chi connectivity index (χ2v) is 7.16. The van der Waals surface area contributed by atoms with Crippen molar-refractivity contribution in [3.8, 4) is 0 Å². The first-order chi connectivity index (χ1) is 12.2. The van der Waals surface area contributed by atoms with Crippen molar-refractivity contribution in [1.29, 1.82) is 0 Å². The molecular formula is C19H29N3O3. The third kappa shape index (κ3) is 5.33. The Balaban J connectivity index is 1.35. The van der Waals surface area contributed by atoms with Gasteiger partial charge in [0.25, 0.3) is 0 Å². The number of nitrogens with zero attached hydrogens (tertiary/aromatic N) is 2. The summed E-state index contributed by atoms with van der Waals surface area (Å²) in [5.41, 5.74) is 0. The van der Waals surface area contributed by atoms with Crippen LogP contribution in [0, 0.1) is 5.92 Å². The van der Waals surface area contributed by atoms with Crippen LogP contribution in [-0.2, 0) is 16.1 Å². The average molecular weight is 347 g/mol. The Kier molecular flexibility index (Phi) is 6.50. The van der Waals surface area contributed by atoms with E-state index >= 15 is 0 Å². The molecule has 1 unspecified atom stereocenters. The molecule has 3 rings (SSSR count). The lowest BCUT2D eigenvalue weighted by molar-refractivity contribution is -0.129. The smallest absolute Gasteiger partial charge is 0.225 e. The SMILES string of the molecule is O=C(NCCCN1CCCCCC1)C1CC(=O)N(Cc2ccco2)C1. The van der Waals surface area contributed by atoms with Crippen molar-refractivity contribution in [3.05, 3.63) is 24.2 Å². The summed E-state index contributed by atoms with van der Waals surface area (Å²) < 4.78 is 5.29. The van der Waals surface area contributed by atoms with E-state index in [1.807, 2.05) is 12.1 Å². The Bertz CT molecular complexity index is 550. The molecule has 0 radical (unpaired) electrons. The summed E-state index contributed by atoms with van der Waals surface area (Å²) in [4.78, 5) is 28.6. The molecule has 0 aromatic carbocycles. The molecule has 1 aromatic rings. The van der Waals surface area contributed by atoms with Gasteiger partial charge in [0, 0.05) is 19.5 Å². The van der Waals surface area contributed by atoms with Crippen LogP contribution in [0.3, 0.4) is 0 Å². The molecular weight excluding hydrogens is 318 g/mol. The van der Waals surface area contributed by atoms with Gasteiger partial charge in [0.2, 0.25) is 11.8 Å². The first kappa shape index (κ1) is 18.0. The van der Waals surface area contributed by atoms with Crippen molar-refractivity contribution in [2.45, 2.75) is 45.1 Å². The first-order valence-corrected chi connectivity index (χ1v) is 9.52. The predicted molar refractivity (Wildman–Crippen MR) is 94.8 cm³/mol. The molecule has 0 saturated carbocycles. The van der Waals surface area contributed by atoms with Crippen LogP contribution in [0.1, 0.15) is 44.3 Å². The molecule has 2 aliphatic heterocycles. The van der Waals surface area contributed by atoms with Gasteiger partial charge in [-0.3, -0.25) is 9.59 Å². The van der Waals surface area contributed by atoms with Gasteiger partial charge < -0.3 is 19.5 Å². The Labute approximate surface area is 149 Å². The summed E-state index contributed by atoms with van der Waals surface area (Å²) in [5.74, 6) is 0.555. The molecule has 0 spiro atoms. The third-order valence-corrected chi connectivity index (χ3v) is 5.16. The molecule has 2 aliphatic rings. The fourth-order valence-electron chi connectivity index (χ4n) is 3.71. The summed E-state index contributed by atoms with van der Waals surface area (Å²) in [5, 5.41) is 3.01. The molecule has 1 atom stereocenters. The highest BCUT2D eigenvalue weighted by atomic mass is 16.3. The van der Waals surface area contributed by atoms with E-state index in [4.69, 9.17) is 4.42 Å². The summed E-state index contributed by atoms with van der Waals surface area (Å²) in [7, 11) is 0. The van der Waals surface area contributed by atoms with Crippen molar-refractivity contribution < 1.29 is 14.0 Å². The van der Waals surface area contributed by atoms with Crippen LogP contribution >= 0.6 is 0 Å². The molecule has 2 amide bonds. The molecule has 0 aliphatic carbocycles. The van der Waals surface area contributed by atoms with Crippen LogP contribution in [-0.4, -0.2) is 54.3 Å². The molecule has 25 heavy (non-hydrogen) atoms. The molecule has 0 bridgehead atoms. The minimum atomic E-state index is -0.236. The molecule has 1 aromatic heterocycles. The maximum absolute atomic E-state index is 12.3. The molecule has 2 fully saturated rings. The quantitative estimate of drug-likeness (QED) is 0.766. The van der Waals surface area contributed by atoms with Gasteiger partial charge in [-0.05, 0) is 51.0 Å². The van der Waals surface area contributed by atoms with E-state index in [9.17, 15) is 9.59 Å². The van der Waals surface area contributed by atoms with Gasteiger partial charge in [-0.15, -0.1) is 0 Å². The number of carbonyl (C=O) groups is 2. The van der Waals surface area contributed by atoms with Gasteiger partial charge in [-0.25, -0.2) is 0 Å². The zero-order valence-electron chi connectivity index (χ0n) is 14.9. The molecule has 2 saturated heterocycles. The zero-order chi connectivity index (χ0) is 17.5. The van der Waals surface area contributed by atoms with E-state index in [1.54, 1.807) is 11.2 Å². The number of hydrogen-bond acceptors (Lipinski definition) is 4. The zero-order valence-corrected chi connectivity index (χ0v) is 14.9. The fourth-order valence-corrected chi connectivity index (χ4v) is 3.71. The fraction of sp³-hybridized carbons (Fsp3) is 0.684. The maximum atomic E-state index is 12.3. The minimum absolute atomic E-state index is 0.00570. The van der Waals surface area contributed by atoms with Crippen molar-refractivity contribution >= 4 is 11.8 Å². The lowest BCUT2D eigenvalue weighted by Crippen LogP contribution is -2.35. The van der Waals surface area contributed by atoms with E-state index in [0.717, 1.165) is 18.7 Å². The van der Waals surface area contributed by atoms with Gasteiger partial charge >= 0.3 is 0 Å². The van der Waals surface area contributed by atoms with Gasteiger partial charge in [0.05, 0.1) is 18.7 Å². The van der Waals surface area contributed by atoms with Gasteiger partial charge in [0.15, 0.2) is 0 Å². The van der Waals surface area contributed by atoms with E-state index in [0.29, 0.717) is 26.1 Å². The Morgan fingerprint density at radius 2 is 2.04 bits per heavy atom. The van der Waals surface area contributed by atoms with Crippen molar-refractivity contribution in [2.75, 3.05) is 32.7 Å². The van der Waals surface area contributed by atoms with Gasteiger partial charge in [0.1, 0.15) is 5.76 Å². The largest absolute Gasteiger partial charge is 0.467 e. The predicted octanol–water partition coefficient (Wildman–Crippen LogP) is 2.01. The summed E-state index contributed by atoms with van der Waals surface area (Å²) in [6.07, 6.45) is 8.16. The Morgan fingerprint density at radius 3 is 2.76 bits per heavy atom. The van der Waals surface area contributed by atoms with Crippen LogP contribution in [0.4, 0.5) is 0 Å². The van der Waals surface area contributed by atoms with Crippen LogP contribution in [0.5, 0.6) is 0 Å². The lowest BCUT2D eigenvalue weighted by atomic mass is 10.1. The highest BCUT2D eigenvalue weighted by Gasteiger charge is 2.34. The van der Waals surface area contributed by atoms with E-state index < -0.39 is 0 Å². The third-order valence-electron chi connectivity index (χ3n) is 5.16. The molecule has 138 valence electrons. The Morgan fingerprint density at radius 1 is 1.24 bits per heavy atom. The monoisotopic (exact) mass is 347 g/mol.